The molecular formula is C18H20ClN3S2. The number of nitrogens with two attached hydrogens (primary N) is 1. The van der Waals surface area contributed by atoms with E-state index in [0.29, 0.717) is 5.25 Å². The maximum absolute atomic E-state index is 6.04. The van der Waals surface area contributed by atoms with Gasteiger partial charge in [0, 0.05) is 40.5 Å². The largest absolute Gasteiger partial charge is 0.399 e. The van der Waals surface area contributed by atoms with Crippen LogP contribution in [0.5, 0.6) is 0 Å². The predicted octanol–water partition coefficient (Wildman–Crippen LogP) is 5.12. The molecule has 0 saturated carbocycles. The second kappa shape index (κ2) is 8.60. The van der Waals surface area contributed by atoms with E-state index >= 15 is 0 Å². The Bertz CT molecular complexity index is 738. The Hall–Kier alpha value is -1.43. The monoisotopic (exact) mass is 377 g/mol. The number of aryl methyl sites for hydroxylation is 1. The summed E-state index contributed by atoms with van der Waals surface area (Å²) in [6, 6.07) is 12.3. The Morgan fingerprint density at radius 1 is 1.21 bits per heavy atom. The van der Waals surface area contributed by atoms with Crippen molar-refractivity contribution in [1.82, 2.24) is 9.55 Å². The lowest BCUT2D eigenvalue weighted by Gasteiger charge is -2.17. The van der Waals surface area contributed by atoms with Crippen LogP contribution in [0.2, 0.25) is 4.34 Å². The van der Waals surface area contributed by atoms with Crippen molar-refractivity contribution in [3.8, 4) is 0 Å². The van der Waals surface area contributed by atoms with Crippen molar-refractivity contribution in [2.75, 3.05) is 5.73 Å². The highest BCUT2D eigenvalue weighted by Crippen LogP contribution is 2.27. The summed E-state index contributed by atoms with van der Waals surface area (Å²) in [7, 11) is 0. The maximum atomic E-state index is 6.04. The van der Waals surface area contributed by atoms with E-state index in [0.717, 1.165) is 35.2 Å². The Morgan fingerprint density at radius 3 is 2.71 bits per heavy atom. The lowest BCUT2D eigenvalue weighted by molar-refractivity contribution is 0.626. The van der Waals surface area contributed by atoms with Crippen LogP contribution in [0.25, 0.3) is 0 Å². The normalized spacial score (nSPS) is 12.4. The fourth-order valence-electron chi connectivity index (χ4n) is 2.47. The molecular weight excluding hydrogens is 358 g/mol. The highest BCUT2D eigenvalue weighted by Gasteiger charge is 2.12. The summed E-state index contributed by atoms with van der Waals surface area (Å²) in [4.78, 5) is 5.50. The number of nitrogens with zero attached hydrogens (tertiary/aromatic N) is 2. The van der Waals surface area contributed by atoms with Gasteiger partial charge in [0.25, 0.3) is 0 Å². The number of aromatic nitrogens is 2. The van der Waals surface area contributed by atoms with Crippen LogP contribution in [0.3, 0.4) is 0 Å². The van der Waals surface area contributed by atoms with Crippen LogP contribution in [0.1, 0.15) is 16.9 Å². The van der Waals surface area contributed by atoms with Gasteiger partial charge in [0.2, 0.25) is 0 Å². The second-order valence-corrected chi connectivity index (χ2v) is 8.77. The summed E-state index contributed by atoms with van der Waals surface area (Å²) in [5.74, 6) is 0.991. The molecule has 2 heterocycles. The predicted molar refractivity (Wildman–Crippen MR) is 106 cm³/mol. The molecule has 3 nitrogen and oxygen atoms in total. The summed E-state index contributed by atoms with van der Waals surface area (Å²) in [5, 5.41) is 0.526. The molecule has 3 rings (SSSR count). The van der Waals surface area contributed by atoms with E-state index in [1.54, 1.807) is 11.3 Å². The van der Waals surface area contributed by atoms with Crippen LogP contribution in [0, 0.1) is 0 Å². The minimum absolute atomic E-state index is 0.526. The van der Waals surface area contributed by atoms with E-state index in [-0.39, 0.29) is 0 Å². The number of hydrogen-bond donors (Lipinski definition) is 1. The van der Waals surface area contributed by atoms with E-state index in [9.17, 15) is 0 Å². The molecule has 2 aromatic heterocycles. The molecule has 3 aromatic rings. The number of thioether (sulfide) groups is 1. The third-order valence-corrected chi connectivity index (χ3v) is 6.43. The van der Waals surface area contributed by atoms with Gasteiger partial charge in [0.15, 0.2) is 0 Å². The molecule has 1 atom stereocenters. The summed E-state index contributed by atoms with van der Waals surface area (Å²) >= 11 is 9.70. The summed E-state index contributed by atoms with van der Waals surface area (Å²) in [6.07, 6.45) is 7.93. The Morgan fingerprint density at radius 2 is 2.04 bits per heavy atom. The van der Waals surface area contributed by atoms with Crippen LogP contribution in [-0.4, -0.2) is 14.8 Å². The Balaban J connectivity index is 1.59. The molecule has 126 valence electrons. The summed E-state index contributed by atoms with van der Waals surface area (Å²) in [6.45, 7) is 0.971. The van der Waals surface area contributed by atoms with Crippen LogP contribution >= 0.6 is 34.7 Å². The number of anilines is 1. The quantitative estimate of drug-likeness (QED) is 0.554. The van der Waals surface area contributed by atoms with E-state index in [1.165, 1.54) is 10.4 Å². The molecule has 0 aliphatic carbocycles. The zero-order valence-corrected chi connectivity index (χ0v) is 15.7. The molecule has 1 unspecified atom stereocenters. The number of rotatable bonds is 8. The lowest BCUT2D eigenvalue weighted by atomic mass is 10.2. The van der Waals surface area contributed by atoms with E-state index in [2.05, 4.69) is 27.8 Å². The van der Waals surface area contributed by atoms with Crippen LogP contribution < -0.4 is 5.73 Å². The van der Waals surface area contributed by atoms with E-state index in [1.807, 2.05) is 48.7 Å². The van der Waals surface area contributed by atoms with Crippen LogP contribution in [-0.2, 0) is 18.7 Å². The van der Waals surface area contributed by atoms with Gasteiger partial charge in [-0.15, -0.1) is 11.3 Å². The van der Waals surface area contributed by atoms with Gasteiger partial charge in [0.05, 0.1) is 10.7 Å². The molecule has 0 amide bonds. The molecule has 1 aromatic carbocycles. The first kappa shape index (κ1) is 17.4. The molecule has 24 heavy (non-hydrogen) atoms. The summed E-state index contributed by atoms with van der Waals surface area (Å²) in [5.41, 5.74) is 7.88. The number of benzene rings is 1. The standard InChI is InChI=1S/C18H20ClN3S2/c19-18-8-7-16(24-18)5-6-17(11-22-10-9-21-13-22)23-12-14-1-3-15(20)4-2-14/h1-4,7-10,13,17H,5-6,11-12,20H2. The molecule has 0 fully saturated rings. The smallest absolute Gasteiger partial charge is 0.0946 e. The van der Waals surface area contributed by atoms with Gasteiger partial charge in [-0.25, -0.2) is 4.98 Å². The second-order valence-electron chi connectivity index (χ2n) is 5.68. The highest BCUT2D eigenvalue weighted by atomic mass is 35.5. The van der Waals surface area contributed by atoms with Gasteiger partial charge in [-0.05, 0) is 42.7 Å². The topological polar surface area (TPSA) is 43.8 Å². The van der Waals surface area contributed by atoms with Gasteiger partial charge in [0.1, 0.15) is 0 Å². The number of nitrogen functional groups attached to an aromatic ring is 1. The zero-order valence-electron chi connectivity index (χ0n) is 13.3. The van der Waals surface area contributed by atoms with Crippen LogP contribution in [0.4, 0.5) is 5.69 Å². The minimum atomic E-state index is 0.526. The van der Waals surface area contributed by atoms with Gasteiger partial charge < -0.3 is 10.3 Å². The van der Waals surface area contributed by atoms with Crippen LogP contribution in [0.15, 0.2) is 55.1 Å². The Labute approximate surface area is 155 Å². The van der Waals surface area contributed by atoms with E-state index in [4.69, 9.17) is 17.3 Å². The molecule has 0 aliphatic rings. The first-order chi connectivity index (χ1) is 11.7. The first-order valence-corrected chi connectivity index (χ1v) is 10.1. The average molecular weight is 378 g/mol. The van der Waals surface area contributed by atoms with Gasteiger partial charge in [-0.2, -0.15) is 11.8 Å². The number of thiophene rings is 1. The van der Waals surface area contributed by atoms with Crippen molar-refractivity contribution in [3.63, 3.8) is 0 Å². The molecule has 0 aliphatic heterocycles. The van der Waals surface area contributed by atoms with Crippen molar-refractivity contribution in [1.29, 1.82) is 0 Å². The number of imidazole rings is 1. The van der Waals surface area contributed by atoms with Gasteiger partial charge in [-0.3, -0.25) is 0 Å². The molecule has 0 saturated heterocycles. The highest BCUT2D eigenvalue weighted by molar-refractivity contribution is 7.99. The van der Waals surface area contributed by atoms with Crippen molar-refractivity contribution in [2.24, 2.45) is 0 Å². The number of hydrogen-bond acceptors (Lipinski definition) is 4. The Kier molecular flexibility index (Phi) is 6.24. The molecule has 2 N–H and O–H groups in total. The molecule has 6 heteroatoms. The van der Waals surface area contributed by atoms with Gasteiger partial charge in [-0.1, -0.05) is 23.7 Å². The fourth-order valence-corrected chi connectivity index (χ4v) is 4.76. The maximum Gasteiger partial charge on any atom is 0.0946 e. The van der Waals surface area contributed by atoms with Gasteiger partial charge >= 0.3 is 0 Å². The number of halogens is 1. The van der Waals surface area contributed by atoms with Crippen molar-refractivity contribution >= 4 is 40.4 Å². The lowest BCUT2D eigenvalue weighted by Crippen LogP contribution is -2.13. The SMILES string of the molecule is Nc1ccc(CSC(CCc2ccc(Cl)s2)Cn2ccnc2)cc1. The molecule has 0 bridgehead atoms. The molecule has 0 spiro atoms. The minimum Gasteiger partial charge on any atom is -0.399 e. The van der Waals surface area contributed by atoms with Crippen molar-refractivity contribution in [3.05, 3.63) is 69.9 Å². The third kappa shape index (κ3) is 5.30. The fraction of sp³-hybridized carbons (Fsp3) is 0.278. The average Bonchev–Trinajstić information content (AvgIpc) is 3.23. The van der Waals surface area contributed by atoms with Crippen molar-refractivity contribution < 1.29 is 0 Å². The van der Waals surface area contributed by atoms with Crippen molar-refractivity contribution in [2.45, 2.75) is 30.4 Å². The van der Waals surface area contributed by atoms with E-state index < -0.39 is 0 Å². The summed E-state index contributed by atoms with van der Waals surface area (Å²) < 4.78 is 3.02. The first-order valence-electron chi connectivity index (χ1n) is 7.85. The molecule has 0 radical (unpaired) electrons. The zero-order chi connectivity index (χ0) is 16.8. The third-order valence-electron chi connectivity index (χ3n) is 3.78.